The van der Waals surface area contributed by atoms with Gasteiger partial charge in [0.1, 0.15) is 5.82 Å². The summed E-state index contributed by atoms with van der Waals surface area (Å²) in [7, 11) is 3.78. The molecule has 1 aromatic heterocycles. The van der Waals surface area contributed by atoms with Gasteiger partial charge in [-0.05, 0) is 19.0 Å². The van der Waals surface area contributed by atoms with Crippen molar-refractivity contribution in [1.82, 2.24) is 15.6 Å². The molecule has 2 N–H and O–H groups in total. The van der Waals surface area contributed by atoms with Crippen LogP contribution >= 0.6 is 0 Å². The van der Waals surface area contributed by atoms with Crippen LogP contribution in [0.2, 0.25) is 0 Å². The van der Waals surface area contributed by atoms with Gasteiger partial charge in [-0.25, -0.2) is 4.98 Å². The molecule has 19 heavy (non-hydrogen) atoms. The van der Waals surface area contributed by atoms with Crippen molar-refractivity contribution in [2.45, 2.75) is 20.4 Å². The van der Waals surface area contributed by atoms with E-state index >= 15 is 0 Å². The number of rotatable bonds is 7. The van der Waals surface area contributed by atoms with E-state index in [9.17, 15) is 4.79 Å². The maximum Gasteiger partial charge on any atom is 0.239 e. The molecule has 106 valence electrons. The molecule has 0 fully saturated rings. The second-order valence-corrected chi connectivity index (χ2v) is 5.07. The summed E-state index contributed by atoms with van der Waals surface area (Å²) in [5.74, 6) is 1.33. The summed E-state index contributed by atoms with van der Waals surface area (Å²) >= 11 is 0. The van der Waals surface area contributed by atoms with E-state index < -0.39 is 0 Å². The van der Waals surface area contributed by atoms with E-state index in [0.717, 1.165) is 17.9 Å². The zero-order chi connectivity index (χ0) is 14.3. The van der Waals surface area contributed by atoms with Crippen LogP contribution in [0.4, 0.5) is 5.82 Å². The molecule has 0 aromatic carbocycles. The third kappa shape index (κ3) is 5.26. The van der Waals surface area contributed by atoms with Crippen molar-refractivity contribution in [3.8, 4) is 0 Å². The Hall–Kier alpha value is -1.62. The quantitative estimate of drug-likeness (QED) is 0.772. The summed E-state index contributed by atoms with van der Waals surface area (Å²) in [6.45, 7) is 5.92. The van der Waals surface area contributed by atoms with Gasteiger partial charge in [-0.15, -0.1) is 0 Å². The fraction of sp³-hybridized carbons (Fsp3) is 0.571. The first kappa shape index (κ1) is 15.4. The van der Waals surface area contributed by atoms with E-state index in [-0.39, 0.29) is 5.91 Å². The number of amides is 1. The van der Waals surface area contributed by atoms with Gasteiger partial charge in [-0.2, -0.15) is 0 Å². The SMILES string of the molecule is CNCc1cccnc1N(C)CC(=O)NCC(C)C. The van der Waals surface area contributed by atoms with Gasteiger partial charge < -0.3 is 15.5 Å². The van der Waals surface area contributed by atoms with Crippen LogP contribution in [-0.2, 0) is 11.3 Å². The Balaban J connectivity index is 2.62. The summed E-state index contributed by atoms with van der Waals surface area (Å²) in [6.07, 6.45) is 1.75. The Kier molecular flexibility index (Phi) is 6.29. The first-order valence-corrected chi connectivity index (χ1v) is 6.61. The molecule has 0 saturated heterocycles. The maximum absolute atomic E-state index is 11.8. The maximum atomic E-state index is 11.8. The van der Waals surface area contributed by atoms with Crippen LogP contribution in [0.1, 0.15) is 19.4 Å². The van der Waals surface area contributed by atoms with Crippen molar-refractivity contribution in [3.63, 3.8) is 0 Å². The molecule has 0 saturated carbocycles. The molecule has 0 spiro atoms. The Morgan fingerprint density at radius 3 is 2.84 bits per heavy atom. The van der Waals surface area contributed by atoms with Crippen molar-refractivity contribution >= 4 is 11.7 Å². The van der Waals surface area contributed by atoms with E-state index in [4.69, 9.17) is 0 Å². The highest BCUT2D eigenvalue weighted by Gasteiger charge is 2.11. The van der Waals surface area contributed by atoms with Gasteiger partial charge in [0, 0.05) is 31.9 Å². The summed E-state index contributed by atoms with van der Waals surface area (Å²) in [5.41, 5.74) is 1.09. The smallest absolute Gasteiger partial charge is 0.239 e. The van der Waals surface area contributed by atoms with Crippen LogP contribution in [-0.4, -0.2) is 38.1 Å². The van der Waals surface area contributed by atoms with Crippen LogP contribution in [0.15, 0.2) is 18.3 Å². The topological polar surface area (TPSA) is 57.3 Å². The van der Waals surface area contributed by atoms with Crippen molar-refractivity contribution in [2.24, 2.45) is 5.92 Å². The Morgan fingerprint density at radius 2 is 2.21 bits per heavy atom. The highest BCUT2D eigenvalue weighted by atomic mass is 16.2. The highest BCUT2D eigenvalue weighted by Crippen LogP contribution is 2.14. The molecule has 0 bridgehead atoms. The monoisotopic (exact) mass is 264 g/mol. The van der Waals surface area contributed by atoms with Crippen molar-refractivity contribution in [3.05, 3.63) is 23.9 Å². The minimum atomic E-state index is 0.0252. The van der Waals surface area contributed by atoms with Gasteiger partial charge in [0.05, 0.1) is 6.54 Å². The molecule has 0 unspecified atom stereocenters. The fourth-order valence-corrected chi connectivity index (χ4v) is 1.77. The van der Waals surface area contributed by atoms with Crippen molar-refractivity contribution in [1.29, 1.82) is 0 Å². The molecule has 5 heteroatoms. The van der Waals surface area contributed by atoms with E-state index in [1.807, 2.05) is 31.1 Å². The largest absolute Gasteiger partial charge is 0.354 e. The Bertz CT molecular complexity index is 406. The van der Waals surface area contributed by atoms with Crippen molar-refractivity contribution in [2.75, 3.05) is 32.1 Å². The number of hydrogen-bond acceptors (Lipinski definition) is 4. The molecule has 0 atom stereocenters. The molecule has 1 aromatic rings. The number of hydrogen-bond donors (Lipinski definition) is 2. The van der Waals surface area contributed by atoms with Crippen LogP contribution < -0.4 is 15.5 Å². The second kappa shape index (κ2) is 7.74. The van der Waals surface area contributed by atoms with Gasteiger partial charge in [-0.3, -0.25) is 4.79 Å². The van der Waals surface area contributed by atoms with E-state index in [1.54, 1.807) is 6.20 Å². The minimum Gasteiger partial charge on any atom is -0.354 e. The highest BCUT2D eigenvalue weighted by molar-refractivity contribution is 5.81. The number of nitrogens with one attached hydrogen (secondary N) is 2. The van der Waals surface area contributed by atoms with E-state index in [0.29, 0.717) is 19.0 Å². The summed E-state index contributed by atoms with van der Waals surface area (Å²) in [6, 6.07) is 3.92. The second-order valence-electron chi connectivity index (χ2n) is 5.07. The van der Waals surface area contributed by atoms with Gasteiger partial charge in [-0.1, -0.05) is 19.9 Å². The lowest BCUT2D eigenvalue weighted by Crippen LogP contribution is -2.37. The summed E-state index contributed by atoms with van der Waals surface area (Å²) in [4.78, 5) is 18.0. The summed E-state index contributed by atoms with van der Waals surface area (Å²) in [5, 5.41) is 6.02. The van der Waals surface area contributed by atoms with Crippen LogP contribution in [0, 0.1) is 5.92 Å². The lowest BCUT2D eigenvalue weighted by Gasteiger charge is -2.20. The Labute approximate surface area is 115 Å². The normalized spacial score (nSPS) is 10.6. The molecule has 0 radical (unpaired) electrons. The van der Waals surface area contributed by atoms with Crippen LogP contribution in [0.3, 0.4) is 0 Å². The predicted octanol–water partition coefficient (Wildman–Crippen LogP) is 1.01. The first-order chi connectivity index (χ1) is 9.04. The molecule has 0 aliphatic rings. The number of anilines is 1. The number of likely N-dealkylation sites (N-methyl/N-ethyl adjacent to an activating group) is 1. The molecule has 1 rings (SSSR count). The molecule has 1 heterocycles. The lowest BCUT2D eigenvalue weighted by molar-refractivity contribution is -0.119. The number of aromatic nitrogens is 1. The van der Waals surface area contributed by atoms with Gasteiger partial charge in [0.2, 0.25) is 5.91 Å². The van der Waals surface area contributed by atoms with Gasteiger partial charge in [0.15, 0.2) is 0 Å². The zero-order valence-electron chi connectivity index (χ0n) is 12.2. The third-order valence-corrected chi connectivity index (χ3v) is 2.68. The molecule has 5 nitrogen and oxygen atoms in total. The molecule has 0 aliphatic heterocycles. The average molecular weight is 264 g/mol. The molecule has 0 aliphatic carbocycles. The average Bonchev–Trinajstić information content (AvgIpc) is 2.37. The number of carbonyl (C=O) groups is 1. The number of nitrogens with zero attached hydrogens (tertiary/aromatic N) is 2. The van der Waals surface area contributed by atoms with Crippen LogP contribution in [0.5, 0.6) is 0 Å². The summed E-state index contributed by atoms with van der Waals surface area (Å²) < 4.78 is 0. The number of carbonyl (C=O) groups excluding carboxylic acids is 1. The van der Waals surface area contributed by atoms with E-state index in [1.165, 1.54) is 0 Å². The molecule has 1 amide bonds. The van der Waals surface area contributed by atoms with Crippen molar-refractivity contribution < 1.29 is 4.79 Å². The minimum absolute atomic E-state index is 0.0252. The van der Waals surface area contributed by atoms with Gasteiger partial charge in [0.25, 0.3) is 0 Å². The van der Waals surface area contributed by atoms with Gasteiger partial charge >= 0.3 is 0 Å². The Morgan fingerprint density at radius 1 is 1.47 bits per heavy atom. The first-order valence-electron chi connectivity index (χ1n) is 6.61. The lowest BCUT2D eigenvalue weighted by atomic mass is 10.2. The molecular formula is C14H24N4O. The third-order valence-electron chi connectivity index (χ3n) is 2.68. The van der Waals surface area contributed by atoms with E-state index in [2.05, 4.69) is 29.5 Å². The zero-order valence-corrected chi connectivity index (χ0v) is 12.2. The predicted molar refractivity (Wildman–Crippen MR) is 78.1 cm³/mol. The number of pyridine rings is 1. The molecular weight excluding hydrogens is 240 g/mol. The fourth-order valence-electron chi connectivity index (χ4n) is 1.77. The standard InChI is InChI=1S/C14H24N4O/c1-11(2)8-17-13(19)10-18(4)14-12(9-15-3)6-5-7-16-14/h5-7,11,15H,8-10H2,1-4H3,(H,17,19). The van der Waals surface area contributed by atoms with Crippen LogP contribution in [0.25, 0.3) is 0 Å².